The minimum absolute atomic E-state index is 0.344. The van der Waals surface area contributed by atoms with Crippen molar-refractivity contribution in [2.75, 3.05) is 26.4 Å². The van der Waals surface area contributed by atoms with Gasteiger partial charge in [-0.25, -0.2) is 0 Å². The highest BCUT2D eigenvalue weighted by Gasteiger charge is 2.49. The lowest BCUT2D eigenvalue weighted by molar-refractivity contribution is -0.328. The number of rotatable bonds is 20. The Kier molecular flexibility index (Phi) is 14.9. The van der Waals surface area contributed by atoms with Gasteiger partial charge in [-0.2, -0.15) is 0 Å². The Morgan fingerprint density at radius 2 is 0.979 bits per heavy atom. The molecule has 250 valence electrons. The van der Waals surface area contributed by atoms with Crippen molar-refractivity contribution in [2.24, 2.45) is 5.73 Å². The number of hydrogen-bond acceptors (Lipinski definition) is 7. The van der Waals surface area contributed by atoms with Crippen LogP contribution in [0.1, 0.15) is 41.5 Å². The quantitative estimate of drug-likeness (QED) is 0.106. The van der Waals surface area contributed by atoms with Crippen LogP contribution in [0.25, 0.3) is 0 Å². The molecule has 1 saturated heterocycles. The number of hydrogen-bond donors (Lipinski definition) is 1. The molecule has 0 bridgehead atoms. The van der Waals surface area contributed by atoms with Gasteiger partial charge in [0, 0.05) is 6.61 Å². The van der Waals surface area contributed by atoms with Gasteiger partial charge in [0.25, 0.3) is 0 Å². The van der Waals surface area contributed by atoms with Crippen LogP contribution < -0.4 is 5.73 Å². The highest BCUT2D eigenvalue weighted by molar-refractivity contribution is 5.16. The molecule has 7 heteroatoms. The van der Waals surface area contributed by atoms with Crippen molar-refractivity contribution < 1.29 is 28.4 Å². The van der Waals surface area contributed by atoms with Crippen molar-refractivity contribution in [1.82, 2.24) is 0 Å². The van der Waals surface area contributed by atoms with E-state index in [0.717, 1.165) is 42.4 Å². The third-order valence-electron chi connectivity index (χ3n) is 8.24. The lowest BCUT2D eigenvalue weighted by Crippen LogP contribution is -2.61. The van der Waals surface area contributed by atoms with E-state index >= 15 is 0 Å². The van der Waals surface area contributed by atoms with Crippen molar-refractivity contribution in [1.29, 1.82) is 0 Å². The van der Waals surface area contributed by atoms with Gasteiger partial charge in [-0.15, -0.1) is 0 Å². The number of nitrogens with two attached hydrogens (primary N) is 1. The van der Waals surface area contributed by atoms with E-state index in [9.17, 15) is 0 Å². The van der Waals surface area contributed by atoms with Crippen molar-refractivity contribution in [3.8, 4) is 0 Å². The minimum atomic E-state index is -0.689. The van der Waals surface area contributed by atoms with Crippen molar-refractivity contribution in [3.63, 3.8) is 0 Å². The van der Waals surface area contributed by atoms with Crippen LogP contribution in [-0.2, 0) is 54.7 Å². The molecule has 0 radical (unpaired) electrons. The smallest absolute Gasteiger partial charge is 0.186 e. The van der Waals surface area contributed by atoms with Crippen LogP contribution in [0.5, 0.6) is 0 Å². The maximum absolute atomic E-state index is 6.78. The van der Waals surface area contributed by atoms with Gasteiger partial charge < -0.3 is 34.2 Å². The molecule has 1 aliphatic heterocycles. The van der Waals surface area contributed by atoms with Crippen LogP contribution in [0.2, 0.25) is 0 Å². The number of ether oxygens (including phenoxy) is 6. The van der Waals surface area contributed by atoms with Crippen molar-refractivity contribution >= 4 is 0 Å². The van der Waals surface area contributed by atoms with Crippen LogP contribution >= 0.6 is 0 Å². The largest absolute Gasteiger partial charge is 0.379 e. The van der Waals surface area contributed by atoms with E-state index in [4.69, 9.17) is 34.2 Å². The molecule has 1 heterocycles. The van der Waals surface area contributed by atoms with E-state index in [2.05, 4.69) is 48.5 Å². The fourth-order valence-corrected chi connectivity index (χ4v) is 5.68. The van der Waals surface area contributed by atoms with Gasteiger partial charge in [-0.05, 0) is 54.5 Å². The molecule has 1 fully saturated rings. The molecular weight excluding hydrogens is 590 g/mol. The van der Waals surface area contributed by atoms with Crippen LogP contribution in [0.4, 0.5) is 0 Å². The third kappa shape index (κ3) is 11.7. The Balaban J connectivity index is 1.40. The zero-order valence-corrected chi connectivity index (χ0v) is 27.2. The predicted octanol–water partition coefficient (Wildman–Crippen LogP) is 6.87. The Labute approximate surface area is 279 Å². The topological polar surface area (TPSA) is 81.4 Å². The number of benzene rings is 4. The summed E-state index contributed by atoms with van der Waals surface area (Å²) in [6, 6.07) is 40.8. The first-order valence-electron chi connectivity index (χ1n) is 16.9. The van der Waals surface area contributed by atoms with Gasteiger partial charge >= 0.3 is 0 Å². The SMILES string of the molecule is NCCCCCOC[C@H]1O[C@@H](OCCc2ccccc2)[C@H](OCc2ccccc2)[C@@H](OCc2ccccc2)[C@@H]1OCc1ccccc1. The lowest BCUT2D eigenvalue weighted by Gasteiger charge is -2.46. The van der Waals surface area contributed by atoms with Crippen LogP contribution in [0, 0.1) is 0 Å². The first-order valence-corrected chi connectivity index (χ1v) is 16.9. The summed E-state index contributed by atoms with van der Waals surface area (Å²) < 4.78 is 39.6. The molecule has 2 N–H and O–H groups in total. The van der Waals surface area contributed by atoms with Gasteiger partial charge in [0.1, 0.15) is 24.4 Å². The first-order chi connectivity index (χ1) is 23.3. The van der Waals surface area contributed by atoms with Crippen LogP contribution in [0.3, 0.4) is 0 Å². The zero-order chi connectivity index (χ0) is 32.4. The summed E-state index contributed by atoms with van der Waals surface area (Å²) in [5.41, 5.74) is 10.1. The predicted molar refractivity (Wildman–Crippen MR) is 184 cm³/mol. The van der Waals surface area contributed by atoms with Crippen molar-refractivity contribution in [3.05, 3.63) is 144 Å². The van der Waals surface area contributed by atoms with E-state index in [1.807, 2.05) is 72.8 Å². The molecule has 0 aliphatic carbocycles. The monoisotopic (exact) mass is 639 g/mol. The molecule has 4 aromatic rings. The van der Waals surface area contributed by atoms with Crippen LogP contribution in [-0.4, -0.2) is 57.1 Å². The molecule has 4 aromatic carbocycles. The molecule has 7 nitrogen and oxygen atoms in total. The highest BCUT2D eigenvalue weighted by Crippen LogP contribution is 2.31. The maximum Gasteiger partial charge on any atom is 0.186 e. The maximum atomic E-state index is 6.78. The molecule has 47 heavy (non-hydrogen) atoms. The fourth-order valence-electron chi connectivity index (χ4n) is 5.68. The average Bonchev–Trinajstić information content (AvgIpc) is 3.13. The average molecular weight is 640 g/mol. The van der Waals surface area contributed by atoms with Gasteiger partial charge in [-0.3, -0.25) is 0 Å². The van der Waals surface area contributed by atoms with Gasteiger partial charge in [-0.1, -0.05) is 121 Å². The van der Waals surface area contributed by atoms with Crippen LogP contribution in [0.15, 0.2) is 121 Å². The molecule has 0 amide bonds. The normalized spacial score (nSPS) is 21.1. The second-order valence-electron chi connectivity index (χ2n) is 11.9. The molecule has 0 aromatic heterocycles. The summed E-state index contributed by atoms with van der Waals surface area (Å²) >= 11 is 0. The molecule has 5 atom stereocenters. The summed E-state index contributed by atoms with van der Waals surface area (Å²) in [6.07, 6.45) is 1.04. The molecule has 0 unspecified atom stereocenters. The molecule has 1 aliphatic rings. The van der Waals surface area contributed by atoms with Gasteiger partial charge in [0.2, 0.25) is 0 Å². The summed E-state index contributed by atoms with van der Waals surface area (Å²) in [5, 5.41) is 0. The van der Waals surface area contributed by atoms with E-state index in [1.54, 1.807) is 0 Å². The summed E-state index contributed by atoms with van der Waals surface area (Å²) in [7, 11) is 0. The Morgan fingerprint density at radius 3 is 1.51 bits per heavy atom. The fraction of sp³-hybridized carbons (Fsp3) is 0.400. The standard InChI is InChI=1S/C40H49NO6/c41-25-14-5-15-26-42-31-36-37(44-28-33-18-8-2-9-19-33)38(45-29-34-20-10-3-11-21-34)39(46-30-35-22-12-4-13-23-35)40(47-36)43-27-24-32-16-6-1-7-17-32/h1-4,6-13,16-23,36-40H,5,14-15,24-31,41H2/t36-,37-,38+,39-,40-/m1/s1. The van der Waals surface area contributed by atoms with Gasteiger partial charge in [0.15, 0.2) is 6.29 Å². The van der Waals surface area contributed by atoms with E-state index in [0.29, 0.717) is 46.2 Å². The first kappa shape index (κ1) is 34.9. The second-order valence-corrected chi connectivity index (χ2v) is 11.9. The lowest BCUT2D eigenvalue weighted by atomic mass is 9.97. The van der Waals surface area contributed by atoms with Gasteiger partial charge in [0.05, 0.1) is 33.0 Å². The Bertz CT molecular complexity index is 1360. The Morgan fingerprint density at radius 1 is 0.489 bits per heavy atom. The summed E-state index contributed by atoms with van der Waals surface area (Å²) in [6.45, 7) is 3.29. The summed E-state index contributed by atoms with van der Waals surface area (Å²) in [5.74, 6) is 0. The zero-order valence-electron chi connectivity index (χ0n) is 27.2. The molecule has 0 spiro atoms. The third-order valence-corrected chi connectivity index (χ3v) is 8.24. The van der Waals surface area contributed by atoms with E-state index in [-0.39, 0.29) is 0 Å². The number of unbranched alkanes of at least 4 members (excludes halogenated alkanes) is 2. The minimum Gasteiger partial charge on any atom is -0.379 e. The van der Waals surface area contributed by atoms with E-state index < -0.39 is 30.7 Å². The highest BCUT2D eigenvalue weighted by atomic mass is 16.7. The van der Waals surface area contributed by atoms with Crippen molar-refractivity contribution in [2.45, 2.75) is 76.2 Å². The molecule has 0 saturated carbocycles. The van der Waals surface area contributed by atoms with E-state index in [1.165, 1.54) is 5.56 Å². The molecule has 5 rings (SSSR count). The molecular formula is C40H49NO6. The summed E-state index contributed by atoms with van der Waals surface area (Å²) in [4.78, 5) is 0. The second kappa shape index (κ2) is 20.1. The Hall–Kier alpha value is -3.40.